The molecule has 1 fully saturated rings. The van der Waals surface area contributed by atoms with Gasteiger partial charge in [-0.3, -0.25) is 9.59 Å². The fourth-order valence-corrected chi connectivity index (χ4v) is 2.94. The maximum absolute atomic E-state index is 12.0. The van der Waals surface area contributed by atoms with Crippen molar-refractivity contribution in [3.05, 3.63) is 5.89 Å². The molecule has 8 nitrogen and oxygen atoms in total. The number of nitrogens with one attached hydrogen (secondary N) is 1. The van der Waals surface area contributed by atoms with E-state index in [1.807, 2.05) is 0 Å². The Bertz CT molecular complexity index is 508. The molecule has 1 aliphatic rings. The van der Waals surface area contributed by atoms with Gasteiger partial charge in [0, 0.05) is 19.4 Å². The number of carboxylic acid groups (broad SMARTS) is 1. The lowest BCUT2D eigenvalue weighted by Crippen LogP contribution is -2.33. The number of nitrogen functional groups attached to an aromatic ring is 1. The van der Waals surface area contributed by atoms with Crippen LogP contribution in [0.4, 0.5) is 5.95 Å². The van der Waals surface area contributed by atoms with Crippen LogP contribution in [0.2, 0.25) is 0 Å². The summed E-state index contributed by atoms with van der Waals surface area (Å²) in [6.07, 6.45) is 4.29. The molecule has 0 spiro atoms. The Kier molecular flexibility index (Phi) is 4.77. The lowest BCUT2D eigenvalue weighted by atomic mass is 9.79. The SMILES string of the molecule is Nc1noc(CCNC(=O)CC2(CC(=O)O)CCCC2)n1. The molecular weight excluding hydrogens is 276 g/mol. The molecule has 1 heterocycles. The number of hydrogen-bond donors (Lipinski definition) is 3. The highest BCUT2D eigenvalue weighted by atomic mass is 16.5. The Morgan fingerprint density at radius 2 is 2.05 bits per heavy atom. The molecule has 1 aromatic heterocycles. The van der Waals surface area contributed by atoms with Crippen molar-refractivity contribution in [2.24, 2.45) is 5.41 Å². The summed E-state index contributed by atoms with van der Waals surface area (Å²) < 4.78 is 4.84. The minimum atomic E-state index is -0.842. The second kappa shape index (κ2) is 6.55. The van der Waals surface area contributed by atoms with Crippen LogP contribution in [-0.4, -0.2) is 33.7 Å². The molecule has 0 atom stereocenters. The van der Waals surface area contributed by atoms with Gasteiger partial charge < -0.3 is 20.7 Å². The molecule has 0 bridgehead atoms. The number of nitrogens with zero attached hydrogens (tertiary/aromatic N) is 2. The van der Waals surface area contributed by atoms with Crippen molar-refractivity contribution in [2.45, 2.75) is 44.9 Å². The summed E-state index contributed by atoms with van der Waals surface area (Å²) in [6, 6.07) is 0. The maximum atomic E-state index is 12.0. The van der Waals surface area contributed by atoms with E-state index in [1.54, 1.807) is 0 Å². The smallest absolute Gasteiger partial charge is 0.303 e. The molecule has 2 rings (SSSR count). The largest absolute Gasteiger partial charge is 0.481 e. The molecule has 0 saturated heterocycles. The van der Waals surface area contributed by atoms with Crippen molar-refractivity contribution in [1.82, 2.24) is 15.5 Å². The molecule has 1 aliphatic carbocycles. The molecule has 1 aromatic rings. The van der Waals surface area contributed by atoms with Gasteiger partial charge in [-0.05, 0) is 23.4 Å². The number of anilines is 1. The predicted octanol–water partition coefficient (Wildman–Crippen LogP) is 0.736. The topological polar surface area (TPSA) is 131 Å². The highest BCUT2D eigenvalue weighted by Gasteiger charge is 2.37. The third-order valence-corrected chi connectivity index (χ3v) is 3.87. The number of amides is 1. The van der Waals surface area contributed by atoms with Crippen molar-refractivity contribution in [3.8, 4) is 0 Å². The predicted molar refractivity (Wildman–Crippen MR) is 73.2 cm³/mol. The van der Waals surface area contributed by atoms with Gasteiger partial charge in [0.25, 0.3) is 5.95 Å². The molecule has 0 aliphatic heterocycles. The number of aliphatic carboxylic acids is 1. The van der Waals surface area contributed by atoms with Gasteiger partial charge in [0.05, 0.1) is 6.42 Å². The third kappa shape index (κ3) is 4.44. The Balaban J connectivity index is 1.78. The standard InChI is InChI=1S/C13H20N4O4/c14-12-16-10(21-17-12)3-6-15-9(18)7-13(8-11(19)20)4-1-2-5-13/h1-8H2,(H2,14,17)(H,15,18)(H,19,20). The van der Waals surface area contributed by atoms with E-state index in [9.17, 15) is 9.59 Å². The molecule has 1 amide bonds. The van der Waals surface area contributed by atoms with E-state index in [0.29, 0.717) is 18.9 Å². The summed E-state index contributed by atoms with van der Waals surface area (Å²) in [4.78, 5) is 26.8. The second-order valence-electron chi connectivity index (χ2n) is 5.60. The van der Waals surface area contributed by atoms with E-state index in [2.05, 4.69) is 15.5 Å². The normalized spacial score (nSPS) is 16.8. The van der Waals surface area contributed by atoms with Gasteiger partial charge in [0.1, 0.15) is 0 Å². The van der Waals surface area contributed by atoms with Gasteiger partial charge in [0.2, 0.25) is 11.8 Å². The quantitative estimate of drug-likeness (QED) is 0.676. The van der Waals surface area contributed by atoms with Crippen molar-refractivity contribution in [2.75, 3.05) is 12.3 Å². The van der Waals surface area contributed by atoms with E-state index < -0.39 is 5.97 Å². The second-order valence-corrected chi connectivity index (χ2v) is 5.60. The Morgan fingerprint density at radius 3 is 2.62 bits per heavy atom. The monoisotopic (exact) mass is 296 g/mol. The summed E-state index contributed by atoms with van der Waals surface area (Å²) in [7, 11) is 0. The van der Waals surface area contributed by atoms with Gasteiger partial charge in [-0.25, -0.2) is 0 Å². The minimum Gasteiger partial charge on any atom is -0.481 e. The summed E-state index contributed by atoms with van der Waals surface area (Å²) in [5.41, 5.74) is 4.94. The van der Waals surface area contributed by atoms with E-state index in [1.165, 1.54) is 0 Å². The van der Waals surface area contributed by atoms with Crippen LogP contribution < -0.4 is 11.1 Å². The van der Waals surface area contributed by atoms with Crippen molar-refractivity contribution < 1.29 is 19.2 Å². The maximum Gasteiger partial charge on any atom is 0.303 e. The van der Waals surface area contributed by atoms with Crippen LogP contribution in [0.3, 0.4) is 0 Å². The molecule has 1 saturated carbocycles. The van der Waals surface area contributed by atoms with Gasteiger partial charge in [-0.2, -0.15) is 4.98 Å². The number of rotatable bonds is 7. The number of hydrogen-bond acceptors (Lipinski definition) is 6. The number of carbonyl (C=O) groups is 2. The first-order valence-corrected chi connectivity index (χ1v) is 7.06. The van der Waals surface area contributed by atoms with Crippen LogP contribution in [0, 0.1) is 5.41 Å². The zero-order chi connectivity index (χ0) is 15.3. The van der Waals surface area contributed by atoms with Gasteiger partial charge >= 0.3 is 5.97 Å². The van der Waals surface area contributed by atoms with Crippen molar-refractivity contribution >= 4 is 17.8 Å². The molecule has 116 valence electrons. The summed E-state index contributed by atoms with van der Waals surface area (Å²) in [5.74, 6) is -0.534. The average Bonchev–Trinajstić information content (AvgIpc) is 2.98. The van der Waals surface area contributed by atoms with Gasteiger partial charge in [-0.15, -0.1) is 0 Å². The van der Waals surface area contributed by atoms with Crippen LogP contribution in [0.15, 0.2) is 4.52 Å². The molecule has 4 N–H and O–H groups in total. The van der Waals surface area contributed by atoms with Crippen molar-refractivity contribution in [1.29, 1.82) is 0 Å². The minimum absolute atomic E-state index is 0.0562. The van der Waals surface area contributed by atoms with E-state index in [-0.39, 0.29) is 30.1 Å². The van der Waals surface area contributed by atoms with Crippen LogP contribution in [0.5, 0.6) is 0 Å². The number of nitrogens with two attached hydrogens (primary N) is 1. The molecule has 0 unspecified atom stereocenters. The first-order chi connectivity index (χ1) is 9.99. The van der Waals surface area contributed by atoms with Crippen molar-refractivity contribution in [3.63, 3.8) is 0 Å². The lowest BCUT2D eigenvalue weighted by molar-refractivity contribution is -0.140. The fourth-order valence-electron chi connectivity index (χ4n) is 2.94. The molecule has 0 radical (unpaired) electrons. The lowest BCUT2D eigenvalue weighted by Gasteiger charge is -2.26. The fraction of sp³-hybridized carbons (Fsp3) is 0.692. The van der Waals surface area contributed by atoms with Gasteiger partial charge in [0.15, 0.2) is 0 Å². The van der Waals surface area contributed by atoms with Gasteiger partial charge in [-0.1, -0.05) is 12.8 Å². The average molecular weight is 296 g/mol. The summed E-state index contributed by atoms with van der Waals surface area (Å²) >= 11 is 0. The van der Waals surface area contributed by atoms with E-state index in [0.717, 1.165) is 25.7 Å². The zero-order valence-electron chi connectivity index (χ0n) is 11.8. The molecule has 0 aromatic carbocycles. The first-order valence-electron chi connectivity index (χ1n) is 7.06. The Labute approximate surface area is 122 Å². The Hall–Kier alpha value is -2.12. The number of carboxylic acids is 1. The number of aromatic nitrogens is 2. The van der Waals surface area contributed by atoms with E-state index >= 15 is 0 Å². The van der Waals surface area contributed by atoms with Crippen LogP contribution in [0.1, 0.15) is 44.4 Å². The summed E-state index contributed by atoms with van der Waals surface area (Å²) in [6.45, 7) is 0.365. The first kappa shape index (κ1) is 15.3. The van der Waals surface area contributed by atoms with Crippen LogP contribution in [0.25, 0.3) is 0 Å². The number of carbonyl (C=O) groups excluding carboxylic acids is 1. The van der Waals surface area contributed by atoms with E-state index in [4.69, 9.17) is 15.4 Å². The third-order valence-electron chi connectivity index (χ3n) is 3.87. The highest BCUT2D eigenvalue weighted by molar-refractivity contribution is 5.78. The van der Waals surface area contributed by atoms with Crippen LogP contribution >= 0.6 is 0 Å². The summed E-state index contributed by atoms with van der Waals surface area (Å²) in [5, 5.41) is 15.2. The molecule has 21 heavy (non-hydrogen) atoms. The van der Waals surface area contributed by atoms with Crippen LogP contribution in [-0.2, 0) is 16.0 Å². The molecule has 8 heteroatoms. The Morgan fingerprint density at radius 1 is 1.33 bits per heavy atom. The zero-order valence-corrected chi connectivity index (χ0v) is 11.8. The molecular formula is C13H20N4O4. The highest BCUT2D eigenvalue weighted by Crippen LogP contribution is 2.43.